The molecule has 0 atom stereocenters. The summed E-state index contributed by atoms with van der Waals surface area (Å²) in [6.07, 6.45) is 0. The average Bonchev–Trinajstić information content (AvgIpc) is 1.72. The van der Waals surface area contributed by atoms with Gasteiger partial charge < -0.3 is 14.2 Å². The SMILES string of the molecule is COC(OC)OC.Cl. The van der Waals surface area contributed by atoms with Crippen molar-refractivity contribution in [1.82, 2.24) is 0 Å². The smallest absolute Gasteiger partial charge is 0.270 e. The van der Waals surface area contributed by atoms with Crippen LogP contribution in [0, 0.1) is 0 Å². The number of hydrogen-bond donors (Lipinski definition) is 0. The second-order valence-corrected chi connectivity index (χ2v) is 0.996. The fourth-order valence-electron chi connectivity index (χ4n) is 0.289. The molecule has 8 heavy (non-hydrogen) atoms. The first kappa shape index (κ1) is 11.0. The van der Waals surface area contributed by atoms with Crippen LogP contribution in [0.15, 0.2) is 0 Å². The Labute approximate surface area is 55.3 Å². The van der Waals surface area contributed by atoms with Gasteiger partial charge in [0.2, 0.25) is 0 Å². The summed E-state index contributed by atoms with van der Waals surface area (Å²) in [5.74, 6) is 0. The molecule has 0 aliphatic carbocycles. The van der Waals surface area contributed by atoms with E-state index in [1.54, 1.807) is 0 Å². The molecule has 0 aliphatic rings. The third-order valence-electron chi connectivity index (χ3n) is 0.577. The van der Waals surface area contributed by atoms with Crippen molar-refractivity contribution < 1.29 is 14.2 Å². The van der Waals surface area contributed by atoms with E-state index < -0.39 is 6.48 Å². The lowest BCUT2D eigenvalue weighted by molar-refractivity contribution is -0.252. The minimum atomic E-state index is -0.514. The molecule has 0 aromatic heterocycles. The van der Waals surface area contributed by atoms with Gasteiger partial charge in [0.1, 0.15) is 0 Å². The van der Waals surface area contributed by atoms with Crippen LogP contribution < -0.4 is 0 Å². The Morgan fingerprint density at radius 1 is 0.875 bits per heavy atom. The van der Waals surface area contributed by atoms with Gasteiger partial charge in [-0.3, -0.25) is 0 Å². The van der Waals surface area contributed by atoms with E-state index in [1.807, 2.05) is 0 Å². The minimum Gasteiger partial charge on any atom is -0.333 e. The van der Waals surface area contributed by atoms with Crippen LogP contribution >= 0.6 is 12.4 Å². The molecule has 0 saturated heterocycles. The lowest BCUT2D eigenvalue weighted by Crippen LogP contribution is -2.14. The van der Waals surface area contributed by atoms with Crippen molar-refractivity contribution in [2.45, 2.75) is 6.48 Å². The fraction of sp³-hybridized carbons (Fsp3) is 1.00. The monoisotopic (exact) mass is 142 g/mol. The van der Waals surface area contributed by atoms with E-state index in [0.29, 0.717) is 0 Å². The van der Waals surface area contributed by atoms with Gasteiger partial charge in [-0.2, -0.15) is 0 Å². The van der Waals surface area contributed by atoms with Gasteiger partial charge in [0, 0.05) is 21.3 Å². The molecular weight excluding hydrogens is 131 g/mol. The summed E-state index contributed by atoms with van der Waals surface area (Å²) in [5, 5.41) is 0. The average molecular weight is 143 g/mol. The van der Waals surface area contributed by atoms with Gasteiger partial charge in [-0.1, -0.05) is 0 Å². The maximum absolute atomic E-state index is 4.60. The van der Waals surface area contributed by atoms with E-state index in [1.165, 1.54) is 21.3 Å². The molecule has 0 N–H and O–H groups in total. The molecule has 0 amide bonds. The van der Waals surface area contributed by atoms with E-state index in [-0.39, 0.29) is 12.4 Å². The Morgan fingerprint density at radius 2 is 1.12 bits per heavy atom. The normalized spacial score (nSPS) is 9.00. The maximum Gasteiger partial charge on any atom is 0.270 e. The number of hydrogen-bond acceptors (Lipinski definition) is 3. The lowest BCUT2D eigenvalue weighted by atomic mass is 11.2. The zero-order valence-corrected chi connectivity index (χ0v) is 6.03. The summed E-state index contributed by atoms with van der Waals surface area (Å²) >= 11 is 0. The predicted molar refractivity (Wildman–Crippen MR) is 32.1 cm³/mol. The first-order valence-electron chi connectivity index (χ1n) is 1.93. The highest BCUT2D eigenvalue weighted by atomic mass is 35.5. The lowest BCUT2D eigenvalue weighted by Gasteiger charge is -2.08. The van der Waals surface area contributed by atoms with E-state index in [4.69, 9.17) is 0 Å². The molecule has 0 aliphatic heterocycles. The molecule has 4 heteroatoms. The van der Waals surface area contributed by atoms with Crippen molar-refractivity contribution in [3.8, 4) is 0 Å². The second kappa shape index (κ2) is 7.17. The topological polar surface area (TPSA) is 27.7 Å². The Morgan fingerprint density at radius 3 is 1.12 bits per heavy atom. The van der Waals surface area contributed by atoms with Crippen LogP contribution in [0.25, 0.3) is 0 Å². The van der Waals surface area contributed by atoms with Crippen LogP contribution in [0.1, 0.15) is 0 Å². The van der Waals surface area contributed by atoms with Crippen molar-refractivity contribution >= 4 is 12.4 Å². The maximum atomic E-state index is 4.60. The molecule has 0 aromatic rings. The van der Waals surface area contributed by atoms with Crippen LogP contribution in [0.3, 0.4) is 0 Å². The van der Waals surface area contributed by atoms with Crippen molar-refractivity contribution in [1.29, 1.82) is 0 Å². The molecule has 0 saturated carbocycles. The summed E-state index contributed by atoms with van der Waals surface area (Å²) in [7, 11) is 4.53. The van der Waals surface area contributed by atoms with Crippen LogP contribution in [-0.4, -0.2) is 27.8 Å². The summed E-state index contributed by atoms with van der Waals surface area (Å²) in [4.78, 5) is 0. The molecule has 0 spiro atoms. The molecule has 0 rings (SSSR count). The summed E-state index contributed by atoms with van der Waals surface area (Å²) in [6, 6.07) is 0. The molecule has 0 fully saturated rings. The van der Waals surface area contributed by atoms with Crippen molar-refractivity contribution in [3.05, 3.63) is 0 Å². The standard InChI is InChI=1S/C4H10O3.ClH/c1-5-4(6-2)7-3;/h4H,1-3H3;1H. The van der Waals surface area contributed by atoms with Crippen LogP contribution in [0.2, 0.25) is 0 Å². The van der Waals surface area contributed by atoms with Crippen molar-refractivity contribution in [2.75, 3.05) is 21.3 Å². The number of halogens is 1. The van der Waals surface area contributed by atoms with Crippen LogP contribution in [0.4, 0.5) is 0 Å². The van der Waals surface area contributed by atoms with Crippen molar-refractivity contribution in [3.63, 3.8) is 0 Å². The zero-order chi connectivity index (χ0) is 5.70. The van der Waals surface area contributed by atoms with Crippen LogP contribution in [-0.2, 0) is 14.2 Å². The molecule has 0 radical (unpaired) electrons. The highest BCUT2D eigenvalue weighted by Gasteiger charge is 1.96. The van der Waals surface area contributed by atoms with Gasteiger partial charge in [0.15, 0.2) is 0 Å². The number of ether oxygens (including phenoxy) is 3. The van der Waals surface area contributed by atoms with Gasteiger partial charge in [-0.25, -0.2) is 0 Å². The van der Waals surface area contributed by atoms with Gasteiger partial charge in [-0.05, 0) is 0 Å². The summed E-state index contributed by atoms with van der Waals surface area (Å²) in [5.41, 5.74) is 0. The highest BCUT2D eigenvalue weighted by Crippen LogP contribution is 1.87. The quantitative estimate of drug-likeness (QED) is 0.541. The largest absolute Gasteiger partial charge is 0.333 e. The van der Waals surface area contributed by atoms with E-state index in [2.05, 4.69) is 14.2 Å². The molecule has 0 unspecified atom stereocenters. The minimum absolute atomic E-state index is 0. The molecule has 3 nitrogen and oxygen atoms in total. The van der Waals surface area contributed by atoms with Gasteiger partial charge in [0.05, 0.1) is 0 Å². The highest BCUT2D eigenvalue weighted by molar-refractivity contribution is 5.85. The van der Waals surface area contributed by atoms with Gasteiger partial charge in [-0.15, -0.1) is 12.4 Å². The first-order chi connectivity index (χ1) is 3.35. The van der Waals surface area contributed by atoms with Crippen molar-refractivity contribution in [2.24, 2.45) is 0 Å². The van der Waals surface area contributed by atoms with E-state index in [9.17, 15) is 0 Å². The molecule has 0 bridgehead atoms. The number of rotatable bonds is 3. The number of methoxy groups -OCH3 is 3. The van der Waals surface area contributed by atoms with Gasteiger partial charge >= 0.3 is 0 Å². The molecule has 0 aromatic carbocycles. The third-order valence-corrected chi connectivity index (χ3v) is 0.577. The summed E-state index contributed by atoms with van der Waals surface area (Å²) in [6.45, 7) is -0.514. The third kappa shape index (κ3) is 4.33. The second-order valence-electron chi connectivity index (χ2n) is 0.996. The predicted octanol–water partition coefficient (Wildman–Crippen LogP) is 0.631. The Hall–Kier alpha value is 0.170. The van der Waals surface area contributed by atoms with Crippen LogP contribution in [0.5, 0.6) is 0 Å². The Bertz CT molecular complexity index is 32.8. The molecule has 52 valence electrons. The summed E-state index contributed by atoms with van der Waals surface area (Å²) < 4.78 is 13.8. The molecular formula is C4H11ClO3. The Kier molecular flexibility index (Phi) is 9.89. The fourth-order valence-corrected chi connectivity index (χ4v) is 0.289. The first-order valence-corrected chi connectivity index (χ1v) is 1.93. The Balaban J connectivity index is 0. The molecule has 0 heterocycles. The zero-order valence-electron chi connectivity index (χ0n) is 5.21. The van der Waals surface area contributed by atoms with E-state index >= 15 is 0 Å². The van der Waals surface area contributed by atoms with Gasteiger partial charge in [0.25, 0.3) is 6.48 Å². The van der Waals surface area contributed by atoms with E-state index in [0.717, 1.165) is 0 Å².